The summed E-state index contributed by atoms with van der Waals surface area (Å²) >= 11 is 0. The van der Waals surface area contributed by atoms with Gasteiger partial charge in [0.2, 0.25) is 0 Å². The molecule has 1 aromatic carbocycles. The third kappa shape index (κ3) is 4.70. The van der Waals surface area contributed by atoms with Crippen molar-refractivity contribution in [1.29, 1.82) is 0 Å². The van der Waals surface area contributed by atoms with Gasteiger partial charge in [-0.3, -0.25) is 0 Å². The zero-order valence-electron chi connectivity index (χ0n) is 12.1. The summed E-state index contributed by atoms with van der Waals surface area (Å²) in [4.78, 5) is 4.56. The molecule has 0 bridgehead atoms. The van der Waals surface area contributed by atoms with E-state index < -0.39 is 0 Å². The normalized spacial score (nSPS) is 13.0. The lowest BCUT2D eigenvalue weighted by Crippen LogP contribution is -2.05. The van der Waals surface area contributed by atoms with Crippen molar-refractivity contribution in [1.82, 2.24) is 5.32 Å². The van der Waals surface area contributed by atoms with Crippen molar-refractivity contribution >= 4 is 17.2 Å². The zero-order chi connectivity index (χ0) is 13.3. The average molecular weight is 257 g/mol. The number of hydrogen-bond donors (Lipinski definition) is 0. The average Bonchev–Trinajstić information content (AvgIpc) is 2.84. The summed E-state index contributed by atoms with van der Waals surface area (Å²) in [7, 11) is 0. The van der Waals surface area contributed by atoms with Gasteiger partial charge in [0.05, 0.1) is 11.4 Å². The van der Waals surface area contributed by atoms with Crippen LogP contribution in [0.2, 0.25) is 0 Å². The van der Waals surface area contributed by atoms with Crippen LogP contribution in [0, 0.1) is 0 Å². The van der Waals surface area contributed by atoms with E-state index in [1.165, 1.54) is 51.4 Å². The predicted molar refractivity (Wildman–Crippen MR) is 82.6 cm³/mol. The van der Waals surface area contributed by atoms with Gasteiger partial charge in [0.1, 0.15) is 5.84 Å². The topological polar surface area (TPSA) is 26.5 Å². The molecule has 0 aromatic heterocycles. The molecule has 0 spiro atoms. The van der Waals surface area contributed by atoms with Gasteiger partial charge in [0, 0.05) is 6.42 Å². The Morgan fingerprint density at radius 3 is 2.11 bits per heavy atom. The molecular formula is C17H25N2. The van der Waals surface area contributed by atoms with Gasteiger partial charge in [-0.2, -0.15) is 0 Å². The number of rotatable bonds is 9. The Hall–Kier alpha value is -1.31. The number of benzene rings is 1. The number of hydrogen-bond acceptors (Lipinski definition) is 1. The van der Waals surface area contributed by atoms with E-state index in [2.05, 4.69) is 17.2 Å². The van der Waals surface area contributed by atoms with E-state index in [1.807, 2.05) is 24.3 Å². The maximum Gasteiger partial charge on any atom is 0.129 e. The van der Waals surface area contributed by atoms with Crippen LogP contribution in [0.25, 0.3) is 0 Å². The quantitative estimate of drug-likeness (QED) is 0.522. The summed E-state index contributed by atoms with van der Waals surface area (Å²) in [6.07, 6.45) is 11.9. The van der Waals surface area contributed by atoms with Crippen LogP contribution >= 0.6 is 0 Å². The van der Waals surface area contributed by atoms with Crippen LogP contribution in [0.5, 0.6) is 0 Å². The molecule has 0 saturated carbocycles. The number of para-hydroxylation sites is 2. The van der Waals surface area contributed by atoms with Gasteiger partial charge >= 0.3 is 0 Å². The molecule has 0 unspecified atom stereocenters. The van der Waals surface area contributed by atoms with Crippen LogP contribution in [-0.2, 0) is 0 Å². The fraction of sp³-hybridized carbons (Fsp3) is 0.588. The molecule has 1 aliphatic rings. The SMILES string of the molecule is CCCCCCCCCCC1=Nc2ccccc2[N]1. The maximum atomic E-state index is 4.56. The van der Waals surface area contributed by atoms with Crippen LogP contribution in [0.4, 0.5) is 11.4 Å². The van der Waals surface area contributed by atoms with Gasteiger partial charge < -0.3 is 0 Å². The molecule has 0 amide bonds. The van der Waals surface area contributed by atoms with E-state index in [0.717, 1.165) is 23.6 Å². The zero-order valence-corrected chi connectivity index (χ0v) is 12.1. The molecule has 1 aliphatic heterocycles. The highest BCUT2D eigenvalue weighted by Gasteiger charge is 2.13. The minimum absolute atomic E-state index is 1.02. The number of nitrogens with zero attached hydrogens (tertiary/aromatic N) is 2. The van der Waals surface area contributed by atoms with Crippen LogP contribution in [-0.4, -0.2) is 5.84 Å². The van der Waals surface area contributed by atoms with Crippen molar-refractivity contribution in [3.05, 3.63) is 24.3 Å². The highest BCUT2D eigenvalue weighted by Crippen LogP contribution is 2.30. The molecule has 2 rings (SSSR count). The van der Waals surface area contributed by atoms with Gasteiger partial charge in [0.15, 0.2) is 0 Å². The van der Waals surface area contributed by atoms with Crippen LogP contribution < -0.4 is 5.32 Å². The third-order valence-corrected chi connectivity index (χ3v) is 3.63. The summed E-state index contributed by atoms with van der Waals surface area (Å²) in [6.45, 7) is 2.27. The van der Waals surface area contributed by atoms with Gasteiger partial charge in [0.25, 0.3) is 0 Å². The van der Waals surface area contributed by atoms with Crippen LogP contribution in [0.1, 0.15) is 64.7 Å². The van der Waals surface area contributed by atoms with E-state index in [-0.39, 0.29) is 0 Å². The Morgan fingerprint density at radius 1 is 0.789 bits per heavy atom. The van der Waals surface area contributed by atoms with E-state index in [4.69, 9.17) is 0 Å². The first-order valence-corrected chi connectivity index (χ1v) is 7.78. The molecular weight excluding hydrogens is 232 g/mol. The molecule has 1 heterocycles. The van der Waals surface area contributed by atoms with Gasteiger partial charge in [-0.15, -0.1) is 0 Å². The molecule has 0 N–H and O–H groups in total. The van der Waals surface area contributed by atoms with Crippen LogP contribution in [0.3, 0.4) is 0 Å². The fourth-order valence-electron chi connectivity index (χ4n) is 2.49. The number of amidine groups is 1. The second-order valence-corrected chi connectivity index (χ2v) is 5.35. The highest BCUT2D eigenvalue weighted by molar-refractivity contribution is 5.95. The molecule has 0 saturated heterocycles. The Bertz CT molecular complexity index is 409. The van der Waals surface area contributed by atoms with Crippen LogP contribution in [0.15, 0.2) is 29.3 Å². The maximum absolute atomic E-state index is 4.56. The smallest absolute Gasteiger partial charge is 0.129 e. The lowest BCUT2D eigenvalue weighted by atomic mass is 10.1. The molecule has 0 fully saturated rings. The van der Waals surface area contributed by atoms with Gasteiger partial charge in [-0.05, 0) is 18.6 Å². The van der Waals surface area contributed by atoms with Crippen molar-refractivity contribution in [2.24, 2.45) is 4.99 Å². The third-order valence-electron chi connectivity index (χ3n) is 3.63. The summed E-state index contributed by atoms with van der Waals surface area (Å²) in [5.74, 6) is 1.02. The fourth-order valence-corrected chi connectivity index (χ4v) is 2.49. The molecule has 0 aliphatic carbocycles. The summed E-state index contributed by atoms with van der Waals surface area (Å²) in [6, 6.07) is 8.13. The standard InChI is InChI=1S/C17H25N2/c1-2-3-4-5-6-7-8-9-14-17-18-15-12-10-11-13-16(15)19-17/h10-13H,2-9,14H2,1H3. The predicted octanol–water partition coefficient (Wildman–Crippen LogP) is 5.50. The largest absolute Gasteiger partial charge is 0.231 e. The molecule has 103 valence electrons. The molecule has 1 aromatic rings. The van der Waals surface area contributed by atoms with Gasteiger partial charge in [-0.25, -0.2) is 10.3 Å². The van der Waals surface area contributed by atoms with Crippen molar-refractivity contribution in [3.8, 4) is 0 Å². The van der Waals surface area contributed by atoms with Crippen molar-refractivity contribution in [3.63, 3.8) is 0 Å². The Labute approximate surface area is 117 Å². The van der Waals surface area contributed by atoms with Crippen molar-refractivity contribution in [2.45, 2.75) is 64.7 Å². The minimum Gasteiger partial charge on any atom is -0.231 e. The summed E-state index contributed by atoms with van der Waals surface area (Å²) in [5, 5.41) is 4.56. The number of aliphatic imine (C=N–C) groups is 1. The molecule has 1 radical (unpaired) electrons. The summed E-state index contributed by atoms with van der Waals surface area (Å²) in [5.41, 5.74) is 2.08. The molecule has 0 atom stereocenters. The van der Waals surface area contributed by atoms with E-state index in [1.54, 1.807) is 0 Å². The van der Waals surface area contributed by atoms with E-state index >= 15 is 0 Å². The highest BCUT2D eigenvalue weighted by atomic mass is 15.1. The lowest BCUT2D eigenvalue weighted by molar-refractivity contribution is 0.579. The molecule has 2 heteroatoms. The first-order chi connectivity index (χ1) is 9.40. The Balaban J connectivity index is 1.54. The monoisotopic (exact) mass is 257 g/mol. The van der Waals surface area contributed by atoms with Crippen molar-refractivity contribution in [2.75, 3.05) is 0 Å². The first-order valence-electron chi connectivity index (χ1n) is 7.78. The minimum atomic E-state index is 1.02. The Kier molecular flexibility index (Phi) is 5.93. The lowest BCUT2D eigenvalue weighted by Gasteiger charge is -2.02. The number of unbranched alkanes of at least 4 members (excludes halogenated alkanes) is 7. The Morgan fingerprint density at radius 2 is 1.42 bits per heavy atom. The molecule has 19 heavy (non-hydrogen) atoms. The van der Waals surface area contributed by atoms with E-state index in [0.29, 0.717) is 0 Å². The summed E-state index contributed by atoms with van der Waals surface area (Å²) < 4.78 is 0. The second kappa shape index (κ2) is 7.98. The second-order valence-electron chi connectivity index (χ2n) is 5.35. The van der Waals surface area contributed by atoms with E-state index in [9.17, 15) is 0 Å². The number of fused-ring (bicyclic) bond motifs is 1. The van der Waals surface area contributed by atoms with Crippen molar-refractivity contribution < 1.29 is 0 Å². The molecule has 2 nitrogen and oxygen atoms in total. The van der Waals surface area contributed by atoms with Gasteiger partial charge in [-0.1, -0.05) is 64.0 Å². The first kappa shape index (κ1) is 14.1.